The number of hydrogen-bond acceptors (Lipinski definition) is 3. The molecule has 0 spiro atoms. The molecule has 1 aromatic carbocycles. The van der Waals surface area contributed by atoms with Crippen molar-refractivity contribution in [3.05, 3.63) is 35.1 Å². The van der Waals surface area contributed by atoms with Crippen LogP contribution in [0.5, 0.6) is 0 Å². The Bertz CT molecular complexity index is 598. The van der Waals surface area contributed by atoms with E-state index in [0.717, 1.165) is 13.0 Å². The van der Waals surface area contributed by atoms with Crippen molar-refractivity contribution in [2.45, 2.75) is 32.9 Å². The number of carbonyl (C=O) groups excluding carboxylic acids is 1. The predicted octanol–water partition coefficient (Wildman–Crippen LogP) is 2.56. The van der Waals surface area contributed by atoms with E-state index in [9.17, 15) is 9.18 Å². The summed E-state index contributed by atoms with van der Waals surface area (Å²) >= 11 is 0. The Hall–Kier alpha value is -2.13. The van der Waals surface area contributed by atoms with E-state index in [4.69, 9.17) is 10.00 Å². The minimum absolute atomic E-state index is 0.0436. The van der Waals surface area contributed by atoms with Crippen LogP contribution in [0.2, 0.25) is 0 Å². The second-order valence-electron chi connectivity index (χ2n) is 6.11. The summed E-state index contributed by atoms with van der Waals surface area (Å²) in [4.78, 5) is 11.9. The van der Waals surface area contributed by atoms with Crippen LogP contribution in [0.3, 0.4) is 0 Å². The lowest BCUT2D eigenvalue weighted by molar-refractivity contribution is 0.0545. The van der Waals surface area contributed by atoms with E-state index in [1.807, 2.05) is 6.07 Å². The van der Waals surface area contributed by atoms with Gasteiger partial charge in [-0.25, -0.2) is 9.18 Å². The first-order chi connectivity index (χ1) is 11.0. The number of nitrogens with one attached hydrogen (secondary N) is 2. The number of urea groups is 1. The summed E-state index contributed by atoms with van der Waals surface area (Å²) in [6.45, 7) is 5.52. The summed E-state index contributed by atoms with van der Waals surface area (Å²) in [5, 5.41) is 14.3. The van der Waals surface area contributed by atoms with Crippen molar-refractivity contribution in [1.82, 2.24) is 10.6 Å². The van der Waals surface area contributed by atoms with Gasteiger partial charge in [-0.05, 0) is 30.5 Å². The summed E-state index contributed by atoms with van der Waals surface area (Å²) < 4.78 is 19.3. The molecule has 5 nitrogen and oxygen atoms in total. The van der Waals surface area contributed by atoms with Gasteiger partial charge in [-0.3, -0.25) is 0 Å². The molecule has 0 radical (unpaired) electrons. The molecular weight excluding hydrogens is 297 g/mol. The highest BCUT2D eigenvalue weighted by Gasteiger charge is 2.30. The molecule has 2 rings (SSSR count). The lowest BCUT2D eigenvalue weighted by atomic mass is 9.93. The summed E-state index contributed by atoms with van der Waals surface area (Å²) in [6, 6.07) is 5.69. The van der Waals surface area contributed by atoms with Crippen LogP contribution in [0.4, 0.5) is 9.18 Å². The molecule has 124 valence electrons. The van der Waals surface area contributed by atoms with Crippen LogP contribution in [0, 0.1) is 29.0 Å². The van der Waals surface area contributed by atoms with Gasteiger partial charge in [0, 0.05) is 31.2 Å². The van der Waals surface area contributed by atoms with Crippen LogP contribution >= 0.6 is 0 Å². The van der Waals surface area contributed by atoms with Gasteiger partial charge in [0.15, 0.2) is 0 Å². The van der Waals surface area contributed by atoms with Crippen LogP contribution in [0.15, 0.2) is 18.2 Å². The highest BCUT2D eigenvalue weighted by molar-refractivity contribution is 5.73. The van der Waals surface area contributed by atoms with Crippen molar-refractivity contribution in [3.63, 3.8) is 0 Å². The number of halogens is 1. The van der Waals surface area contributed by atoms with E-state index >= 15 is 0 Å². The van der Waals surface area contributed by atoms with Crippen LogP contribution in [-0.4, -0.2) is 25.3 Å². The van der Waals surface area contributed by atoms with Gasteiger partial charge in [-0.15, -0.1) is 0 Å². The van der Waals surface area contributed by atoms with Crippen molar-refractivity contribution >= 4 is 6.03 Å². The number of ether oxygens (including phenoxy) is 1. The molecule has 0 aromatic heterocycles. The molecule has 1 heterocycles. The normalized spacial score (nSPS) is 20.3. The largest absolute Gasteiger partial charge is 0.378 e. The van der Waals surface area contributed by atoms with Gasteiger partial charge in [0.25, 0.3) is 0 Å². The number of rotatable bonds is 5. The van der Waals surface area contributed by atoms with E-state index in [-0.39, 0.29) is 18.7 Å². The maximum absolute atomic E-state index is 13.6. The number of nitriles is 1. The third-order valence-corrected chi connectivity index (χ3v) is 4.06. The Kier molecular flexibility index (Phi) is 5.94. The zero-order valence-electron chi connectivity index (χ0n) is 13.4. The first-order valence-electron chi connectivity index (χ1n) is 7.83. The average Bonchev–Trinajstić information content (AvgIpc) is 3.01. The Morgan fingerprint density at radius 3 is 2.96 bits per heavy atom. The average molecular weight is 319 g/mol. The second kappa shape index (κ2) is 7.93. The summed E-state index contributed by atoms with van der Waals surface area (Å²) in [5.41, 5.74) is 0.662. The third kappa shape index (κ3) is 4.67. The molecule has 2 atom stereocenters. The molecule has 0 unspecified atom stereocenters. The Labute approximate surface area is 135 Å². The molecule has 2 N–H and O–H groups in total. The monoisotopic (exact) mass is 319 g/mol. The van der Waals surface area contributed by atoms with E-state index < -0.39 is 5.82 Å². The molecule has 1 aliphatic heterocycles. The van der Waals surface area contributed by atoms with E-state index in [0.29, 0.717) is 29.5 Å². The molecule has 1 fully saturated rings. The van der Waals surface area contributed by atoms with Gasteiger partial charge >= 0.3 is 6.03 Å². The Morgan fingerprint density at radius 2 is 2.26 bits per heavy atom. The first-order valence-corrected chi connectivity index (χ1v) is 7.83. The molecule has 0 saturated carbocycles. The van der Waals surface area contributed by atoms with Gasteiger partial charge in [0.1, 0.15) is 5.82 Å². The number of nitrogens with zero attached hydrogens (tertiary/aromatic N) is 1. The number of hydrogen-bond donors (Lipinski definition) is 2. The van der Waals surface area contributed by atoms with Crippen LogP contribution in [0.25, 0.3) is 0 Å². The minimum atomic E-state index is -0.437. The standard InChI is InChI=1S/C17H22FN3O2/c1-11(2)16-13(5-6-23-16)9-20-17(22)21-10-14-7-12(8-19)3-4-15(14)18/h3-4,7,11,13,16H,5-6,9-10H2,1-2H3,(H2,20,21,22)/t13-,16+/m0/s1. The maximum atomic E-state index is 13.6. The van der Waals surface area contributed by atoms with Gasteiger partial charge < -0.3 is 15.4 Å². The Morgan fingerprint density at radius 1 is 1.48 bits per heavy atom. The van der Waals surface area contributed by atoms with Crippen LogP contribution in [0.1, 0.15) is 31.4 Å². The quantitative estimate of drug-likeness (QED) is 0.876. The fourth-order valence-electron chi connectivity index (χ4n) is 2.85. The summed E-state index contributed by atoms with van der Waals surface area (Å²) in [6.07, 6.45) is 1.10. The number of carbonyl (C=O) groups is 1. The molecule has 0 aliphatic carbocycles. The van der Waals surface area contributed by atoms with Gasteiger partial charge in [-0.1, -0.05) is 13.8 Å². The van der Waals surface area contributed by atoms with Crippen molar-refractivity contribution in [2.24, 2.45) is 11.8 Å². The first kappa shape index (κ1) is 17.2. The molecule has 1 aliphatic rings. The van der Waals surface area contributed by atoms with E-state index in [1.54, 1.807) is 0 Å². The van der Waals surface area contributed by atoms with Crippen molar-refractivity contribution in [2.75, 3.05) is 13.2 Å². The van der Waals surface area contributed by atoms with Gasteiger partial charge in [-0.2, -0.15) is 5.26 Å². The van der Waals surface area contributed by atoms with Crippen molar-refractivity contribution in [1.29, 1.82) is 5.26 Å². The van der Waals surface area contributed by atoms with E-state index in [2.05, 4.69) is 24.5 Å². The number of benzene rings is 1. The second-order valence-corrected chi connectivity index (χ2v) is 6.11. The van der Waals surface area contributed by atoms with Crippen molar-refractivity contribution in [3.8, 4) is 6.07 Å². The molecule has 0 bridgehead atoms. The fraction of sp³-hybridized carbons (Fsp3) is 0.529. The molecule has 1 saturated heterocycles. The smallest absolute Gasteiger partial charge is 0.315 e. The SMILES string of the molecule is CC(C)[C@H]1OCC[C@H]1CNC(=O)NCc1cc(C#N)ccc1F. The zero-order valence-corrected chi connectivity index (χ0v) is 13.4. The van der Waals surface area contributed by atoms with Crippen molar-refractivity contribution < 1.29 is 13.9 Å². The molecule has 23 heavy (non-hydrogen) atoms. The zero-order chi connectivity index (χ0) is 16.8. The number of amides is 2. The topological polar surface area (TPSA) is 74.2 Å². The summed E-state index contributed by atoms with van der Waals surface area (Å²) in [5.74, 6) is 0.281. The summed E-state index contributed by atoms with van der Waals surface area (Å²) in [7, 11) is 0. The lowest BCUT2D eigenvalue weighted by Crippen LogP contribution is -2.40. The van der Waals surface area contributed by atoms with Gasteiger partial charge in [0.05, 0.1) is 17.7 Å². The van der Waals surface area contributed by atoms with Crippen LogP contribution in [-0.2, 0) is 11.3 Å². The highest BCUT2D eigenvalue weighted by Crippen LogP contribution is 2.26. The predicted molar refractivity (Wildman–Crippen MR) is 84.0 cm³/mol. The third-order valence-electron chi connectivity index (χ3n) is 4.06. The maximum Gasteiger partial charge on any atom is 0.315 e. The molecule has 1 aromatic rings. The Balaban J connectivity index is 1.81. The molecule has 6 heteroatoms. The molecular formula is C17H22FN3O2. The minimum Gasteiger partial charge on any atom is -0.378 e. The van der Waals surface area contributed by atoms with E-state index in [1.165, 1.54) is 18.2 Å². The fourth-order valence-corrected chi connectivity index (χ4v) is 2.85. The van der Waals surface area contributed by atoms with Crippen LogP contribution < -0.4 is 10.6 Å². The lowest BCUT2D eigenvalue weighted by Gasteiger charge is -2.22. The highest BCUT2D eigenvalue weighted by atomic mass is 19.1. The van der Waals surface area contributed by atoms with Gasteiger partial charge in [0.2, 0.25) is 0 Å². The molecule has 2 amide bonds.